The number of rotatable bonds is 9. The highest BCUT2D eigenvalue weighted by Crippen LogP contribution is 2.34. The van der Waals surface area contributed by atoms with Gasteiger partial charge in [0, 0.05) is 35.0 Å². The van der Waals surface area contributed by atoms with Crippen molar-refractivity contribution in [2.75, 3.05) is 18.0 Å². The molecule has 0 atom stereocenters. The third-order valence-corrected chi connectivity index (χ3v) is 6.18. The SMILES string of the molecule is CCc1cc(-c2nc(N(CC)CC)c(COCc3ccc(Br)cc3)s2)ccn1. The fourth-order valence-electron chi connectivity index (χ4n) is 2.98. The van der Waals surface area contributed by atoms with Crippen LogP contribution in [-0.4, -0.2) is 23.1 Å². The van der Waals surface area contributed by atoms with E-state index in [2.05, 4.69) is 64.8 Å². The van der Waals surface area contributed by atoms with Gasteiger partial charge in [-0.05, 0) is 50.1 Å². The lowest BCUT2D eigenvalue weighted by molar-refractivity contribution is 0.109. The van der Waals surface area contributed by atoms with Crippen molar-refractivity contribution in [1.29, 1.82) is 0 Å². The second-order valence-corrected chi connectivity index (χ2v) is 8.45. The third kappa shape index (κ3) is 5.19. The lowest BCUT2D eigenvalue weighted by Gasteiger charge is -2.19. The molecule has 0 aliphatic rings. The van der Waals surface area contributed by atoms with Gasteiger partial charge in [0.1, 0.15) is 10.8 Å². The highest BCUT2D eigenvalue weighted by molar-refractivity contribution is 9.10. The Kier molecular flexibility index (Phi) is 7.59. The molecule has 0 N–H and O–H groups in total. The maximum absolute atomic E-state index is 6.04. The molecule has 0 fully saturated rings. The van der Waals surface area contributed by atoms with Crippen molar-refractivity contribution in [3.8, 4) is 10.6 Å². The van der Waals surface area contributed by atoms with Crippen molar-refractivity contribution in [2.24, 2.45) is 0 Å². The molecule has 2 heterocycles. The van der Waals surface area contributed by atoms with Crippen LogP contribution in [-0.2, 0) is 24.4 Å². The van der Waals surface area contributed by atoms with Gasteiger partial charge in [-0.15, -0.1) is 11.3 Å². The molecule has 0 amide bonds. The first-order valence-electron chi connectivity index (χ1n) is 9.66. The van der Waals surface area contributed by atoms with Gasteiger partial charge in [-0.25, -0.2) is 4.98 Å². The Labute approximate surface area is 179 Å². The van der Waals surface area contributed by atoms with E-state index in [9.17, 15) is 0 Å². The quantitative estimate of drug-likeness (QED) is 0.387. The molecule has 0 unspecified atom stereocenters. The van der Waals surface area contributed by atoms with Crippen LogP contribution in [0.2, 0.25) is 0 Å². The summed E-state index contributed by atoms with van der Waals surface area (Å²) in [6.07, 6.45) is 2.79. The average Bonchev–Trinajstić information content (AvgIpc) is 3.14. The van der Waals surface area contributed by atoms with Gasteiger partial charge in [-0.1, -0.05) is 35.0 Å². The number of halogens is 1. The largest absolute Gasteiger partial charge is 0.371 e. The first kappa shape index (κ1) is 21.0. The van der Waals surface area contributed by atoms with Crippen LogP contribution in [0.5, 0.6) is 0 Å². The Hall–Kier alpha value is -1.76. The molecule has 0 saturated carbocycles. The normalized spacial score (nSPS) is 11.0. The lowest BCUT2D eigenvalue weighted by atomic mass is 10.2. The fraction of sp³-hybridized carbons (Fsp3) is 0.364. The highest BCUT2D eigenvalue weighted by Gasteiger charge is 2.17. The van der Waals surface area contributed by atoms with Gasteiger partial charge in [0.05, 0.1) is 18.1 Å². The Morgan fingerprint density at radius 3 is 2.46 bits per heavy atom. The molecule has 2 aromatic heterocycles. The molecular weight excluding hydrogens is 434 g/mol. The maximum atomic E-state index is 6.04. The van der Waals surface area contributed by atoms with E-state index in [-0.39, 0.29) is 0 Å². The number of aromatic nitrogens is 2. The van der Waals surface area contributed by atoms with Crippen LogP contribution in [0.3, 0.4) is 0 Å². The van der Waals surface area contributed by atoms with Gasteiger partial charge < -0.3 is 9.64 Å². The highest BCUT2D eigenvalue weighted by atomic mass is 79.9. The predicted octanol–water partition coefficient (Wildman–Crippen LogP) is 6.09. The molecule has 3 rings (SSSR count). The summed E-state index contributed by atoms with van der Waals surface area (Å²) in [6, 6.07) is 12.4. The van der Waals surface area contributed by atoms with E-state index in [1.165, 1.54) is 10.4 Å². The molecule has 0 bridgehead atoms. The van der Waals surface area contributed by atoms with Crippen molar-refractivity contribution in [3.05, 3.63) is 63.2 Å². The molecule has 0 aliphatic heterocycles. The van der Waals surface area contributed by atoms with E-state index < -0.39 is 0 Å². The summed E-state index contributed by atoms with van der Waals surface area (Å²) in [5.41, 5.74) is 3.38. The summed E-state index contributed by atoms with van der Waals surface area (Å²) in [6.45, 7) is 9.45. The second kappa shape index (κ2) is 10.1. The number of anilines is 1. The molecule has 3 aromatic rings. The molecule has 28 heavy (non-hydrogen) atoms. The van der Waals surface area contributed by atoms with Gasteiger partial charge in [0.2, 0.25) is 0 Å². The number of ether oxygens (including phenoxy) is 1. The average molecular weight is 460 g/mol. The first-order valence-corrected chi connectivity index (χ1v) is 11.3. The van der Waals surface area contributed by atoms with Crippen LogP contribution in [0.4, 0.5) is 5.82 Å². The maximum Gasteiger partial charge on any atom is 0.145 e. The molecule has 6 heteroatoms. The van der Waals surface area contributed by atoms with E-state index in [0.717, 1.165) is 46.1 Å². The van der Waals surface area contributed by atoms with Gasteiger partial charge >= 0.3 is 0 Å². The minimum absolute atomic E-state index is 0.561. The fourth-order valence-corrected chi connectivity index (χ4v) is 4.26. The van der Waals surface area contributed by atoms with Crippen LogP contribution < -0.4 is 4.90 Å². The number of benzene rings is 1. The van der Waals surface area contributed by atoms with Crippen LogP contribution in [0, 0.1) is 0 Å². The molecule has 0 spiro atoms. The molecule has 148 valence electrons. The van der Waals surface area contributed by atoms with Crippen molar-refractivity contribution in [1.82, 2.24) is 9.97 Å². The van der Waals surface area contributed by atoms with E-state index in [4.69, 9.17) is 9.72 Å². The van der Waals surface area contributed by atoms with Crippen molar-refractivity contribution in [3.63, 3.8) is 0 Å². The minimum atomic E-state index is 0.561. The molecule has 0 saturated heterocycles. The van der Waals surface area contributed by atoms with Gasteiger partial charge in [-0.3, -0.25) is 4.98 Å². The van der Waals surface area contributed by atoms with Gasteiger partial charge in [0.25, 0.3) is 0 Å². The van der Waals surface area contributed by atoms with Crippen molar-refractivity contribution < 1.29 is 4.74 Å². The van der Waals surface area contributed by atoms with Crippen LogP contribution in [0.25, 0.3) is 10.6 Å². The molecule has 0 radical (unpaired) electrons. The summed E-state index contributed by atoms with van der Waals surface area (Å²) >= 11 is 5.18. The van der Waals surface area contributed by atoms with Crippen molar-refractivity contribution in [2.45, 2.75) is 40.4 Å². The standard InChI is InChI=1S/C22H26BrN3OS/c1-4-19-13-17(11-12-24-19)22-25-21(26(5-2)6-3)20(28-22)15-27-14-16-7-9-18(23)10-8-16/h7-13H,4-6,14-15H2,1-3H3. The summed E-state index contributed by atoms with van der Waals surface area (Å²) in [5.74, 6) is 1.04. The summed E-state index contributed by atoms with van der Waals surface area (Å²) < 4.78 is 7.12. The molecule has 4 nitrogen and oxygen atoms in total. The minimum Gasteiger partial charge on any atom is -0.371 e. The second-order valence-electron chi connectivity index (χ2n) is 6.45. The number of hydrogen-bond acceptors (Lipinski definition) is 5. The molecule has 1 aromatic carbocycles. The molecular formula is C22H26BrN3OS. The van der Waals surface area contributed by atoms with E-state index in [0.29, 0.717) is 13.2 Å². The summed E-state index contributed by atoms with van der Waals surface area (Å²) in [7, 11) is 0. The zero-order valence-corrected chi connectivity index (χ0v) is 19.0. The van der Waals surface area contributed by atoms with E-state index in [1.54, 1.807) is 11.3 Å². The summed E-state index contributed by atoms with van der Waals surface area (Å²) in [5, 5.41) is 1.03. The topological polar surface area (TPSA) is 38.2 Å². The Bertz CT molecular complexity index is 891. The van der Waals surface area contributed by atoms with Gasteiger partial charge in [-0.2, -0.15) is 0 Å². The van der Waals surface area contributed by atoms with Gasteiger partial charge in [0.15, 0.2) is 0 Å². The number of aryl methyl sites for hydroxylation is 1. The van der Waals surface area contributed by atoms with E-state index >= 15 is 0 Å². The number of hydrogen-bond donors (Lipinski definition) is 0. The van der Waals surface area contributed by atoms with Crippen LogP contribution in [0.1, 0.15) is 36.9 Å². The van der Waals surface area contributed by atoms with Crippen LogP contribution >= 0.6 is 27.3 Å². The molecule has 0 aliphatic carbocycles. The van der Waals surface area contributed by atoms with Crippen LogP contribution in [0.15, 0.2) is 47.1 Å². The van der Waals surface area contributed by atoms with Crippen molar-refractivity contribution >= 4 is 33.1 Å². The number of thiazole rings is 1. The monoisotopic (exact) mass is 459 g/mol. The zero-order valence-electron chi connectivity index (χ0n) is 16.6. The predicted molar refractivity (Wildman–Crippen MR) is 121 cm³/mol. The third-order valence-electron chi connectivity index (χ3n) is 4.58. The Morgan fingerprint density at radius 2 is 1.79 bits per heavy atom. The zero-order chi connectivity index (χ0) is 19.9. The van der Waals surface area contributed by atoms with E-state index in [1.807, 2.05) is 24.4 Å². The lowest BCUT2D eigenvalue weighted by Crippen LogP contribution is -2.23. The smallest absolute Gasteiger partial charge is 0.145 e. The number of nitrogens with zero attached hydrogens (tertiary/aromatic N) is 3. The first-order chi connectivity index (χ1) is 13.6. The summed E-state index contributed by atoms with van der Waals surface area (Å²) in [4.78, 5) is 12.8. The number of pyridine rings is 1. The Morgan fingerprint density at radius 1 is 1.04 bits per heavy atom. The Balaban J connectivity index is 1.81.